The normalized spacial score (nSPS) is 12.2. The van der Waals surface area contributed by atoms with Crippen molar-refractivity contribution < 1.29 is 18.9 Å². The summed E-state index contributed by atoms with van der Waals surface area (Å²) in [7, 11) is 0. The van der Waals surface area contributed by atoms with Crippen LogP contribution in [-0.4, -0.2) is 19.0 Å². The highest BCUT2D eigenvalue weighted by atomic mass is 19.2. The van der Waals surface area contributed by atoms with Gasteiger partial charge < -0.3 is 10.6 Å². The van der Waals surface area contributed by atoms with Gasteiger partial charge >= 0.3 is 0 Å². The summed E-state index contributed by atoms with van der Waals surface area (Å²) in [6.07, 6.45) is 0.781. The molecule has 5 heteroatoms. The van der Waals surface area contributed by atoms with Crippen molar-refractivity contribution in [2.75, 3.05) is 13.1 Å². The van der Waals surface area contributed by atoms with E-state index < -0.39 is 11.6 Å². The average Bonchev–Trinajstić information content (AvgIpc) is 2.62. The van der Waals surface area contributed by atoms with Gasteiger partial charge in [0.05, 0.1) is 0 Å². The first-order chi connectivity index (χ1) is 12.4. The van der Waals surface area contributed by atoms with Crippen LogP contribution < -0.4 is 10.6 Å². The van der Waals surface area contributed by atoms with Crippen LogP contribution in [0.5, 0.6) is 0 Å². The number of hydrogen-bond donors (Lipinski definition) is 2. The van der Waals surface area contributed by atoms with E-state index >= 15 is 0 Å². The molecule has 1 atom stereocenters. The highest BCUT2D eigenvalue weighted by molar-refractivity contribution is 5.76. The molecule has 0 saturated heterocycles. The fraction of sp³-hybridized carbons (Fsp3) is 0.381. The summed E-state index contributed by atoms with van der Waals surface area (Å²) in [5.74, 6) is -1.29. The standard InChI is InChI=1S/C21H26F2N2O/c1-14(2)17-6-4-16(5-7-17)10-11-24-21(26)13-25-15(3)18-8-9-19(22)20(23)12-18/h4-9,12,14-15,25H,10-11,13H2,1-3H3,(H,24,26)/p+1/t15-/m0/s1. The molecule has 0 saturated carbocycles. The molecular formula is C21H27F2N2O+. The Labute approximate surface area is 153 Å². The van der Waals surface area contributed by atoms with Gasteiger partial charge in [-0.25, -0.2) is 8.78 Å². The zero-order valence-corrected chi connectivity index (χ0v) is 15.6. The number of nitrogens with two attached hydrogens (primary N) is 1. The van der Waals surface area contributed by atoms with Crippen LogP contribution in [0.1, 0.15) is 49.4 Å². The van der Waals surface area contributed by atoms with Gasteiger partial charge in [0.2, 0.25) is 0 Å². The van der Waals surface area contributed by atoms with Gasteiger partial charge in [-0.15, -0.1) is 0 Å². The predicted molar refractivity (Wildman–Crippen MR) is 98.8 cm³/mol. The van der Waals surface area contributed by atoms with Crippen molar-refractivity contribution in [2.45, 2.75) is 39.2 Å². The Bertz CT molecular complexity index is 729. The third-order valence-electron chi connectivity index (χ3n) is 4.51. The molecule has 0 radical (unpaired) electrons. The fourth-order valence-electron chi connectivity index (χ4n) is 2.70. The summed E-state index contributed by atoms with van der Waals surface area (Å²) in [5.41, 5.74) is 3.15. The minimum absolute atomic E-state index is 0.0711. The van der Waals surface area contributed by atoms with Crippen molar-refractivity contribution in [3.8, 4) is 0 Å². The minimum atomic E-state index is -0.865. The van der Waals surface area contributed by atoms with Gasteiger partial charge in [-0.05, 0) is 48.6 Å². The van der Waals surface area contributed by atoms with Crippen molar-refractivity contribution in [1.29, 1.82) is 0 Å². The van der Waals surface area contributed by atoms with E-state index in [2.05, 4.69) is 43.4 Å². The molecule has 2 aromatic rings. The van der Waals surface area contributed by atoms with Gasteiger partial charge in [0.25, 0.3) is 5.91 Å². The van der Waals surface area contributed by atoms with Gasteiger partial charge in [0, 0.05) is 12.1 Å². The molecule has 0 aliphatic rings. The van der Waals surface area contributed by atoms with Gasteiger partial charge in [-0.1, -0.05) is 38.1 Å². The van der Waals surface area contributed by atoms with Crippen LogP contribution in [0.4, 0.5) is 8.78 Å². The maximum absolute atomic E-state index is 13.3. The zero-order chi connectivity index (χ0) is 19.1. The summed E-state index contributed by atoms with van der Waals surface area (Å²) in [6.45, 7) is 7.00. The summed E-state index contributed by atoms with van der Waals surface area (Å²) < 4.78 is 26.2. The Morgan fingerprint density at radius 3 is 2.27 bits per heavy atom. The number of rotatable bonds is 8. The van der Waals surface area contributed by atoms with Crippen LogP contribution in [0, 0.1) is 11.6 Å². The summed E-state index contributed by atoms with van der Waals surface area (Å²) >= 11 is 0. The Balaban J connectivity index is 1.72. The third kappa shape index (κ3) is 5.92. The maximum atomic E-state index is 13.3. The predicted octanol–water partition coefficient (Wildman–Crippen LogP) is 3.07. The molecule has 3 N–H and O–H groups in total. The molecule has 0 aliphatic heterocycles. The van der Waals surface area contributed by atoms with E-state index in [1.54, 1.807) is 5.32 Å². The Morgan fingerprint density at radius 1 is 1.00 bits per heavy atom. The topological polar surface area (TPSA) is 45.7 Å². The largest absolute Gasteiger partial charge is 0.351 e. The van der Waals surface area contributed by atoms with Crippen LogP contribution >= 0.6 is 0 Å². The second-order valence-electron chi connectivity index (χ2n) is 6.90. The average molecular weight is 361 g/mol. The van der Waals surface area contributed by atoms with E-state index in [1.165, 1.54) is 23.3 Å². The smallest absolute Gasteiger partial charge is 0.275 e. The lowest BCUT2D eigenvalue weighted by molar-refractivity contribution is -0.682. The lowest BCUT2D eigenvalue weighted by Gasteiger charge is -2.12. The van der Waals surface area contributed by atoms with E-state index in [9.17, 15) is 13.6 Å². The highest BCUT2D eigenvalue weighted by Crippen LogP contribution is 2.15. The number of hydrogen-bond acceptors (Lipinski definition) is 1. The van der Waals surface area contributed by atoms with Gasteiger partial charge in [-0.2, -0.15) is 0 Å². The second-order valence-corrected chi connectivity index (χ2v) is 6.90. The third-order valence-corrected chi connectivity index (χ3v) is 4.51. The van der Waals surface area contributed by atoms with E-state index in [0.717, 1.165) is 12.5 Å². The molecule has 0 spiro atoms. The number of halogens is 2. The molecule has 3 nitrogen and oxygen atoms in total. The number of carbonyl (C=O) groups excluding carboxylic acids is 1. The van der Waals surface area contributed by atoms with Crippen molar-refractivity contribution in [2.24, 2.45) is 0 Å². The minimum Gasteiger partial charge on any atom is -0.351 e. The SMILES string of the molecule is CC(C)c1ccc(CCNC(=O)C[NH2+][C@@H](C)c2ccc(F)c(F)c2)cc1. The molecule has 140 valence electrons. The van der Waals surface area contributed by atoms with Crippen LogP contribution in [0.25, 0.3) is 0 Å². The Hall–Kier alpha value is -2.27. The van der Waals surface area contributed by atoms with Crippen molar-refractivity contribution in [3.63, 3.8) is 0 Å². The van der Waals surface area contributed by atoms with E-state index in [1.807, 2.05) is 6.92 Å². The molecular weight excluding hydrogens is 334 g/mol. The monoisotopic (exact) mass is 361 g/mol. The first-order valence-corrected chi connectivity index (χ1v) is 9.00. The van der Waals surface area contributed by atoms with Gasteiger partial charge in [0.1, 0.15) is 6.04 Å². The lowest BCUT2D eigenvalue weighted by atomic mass is 10.0. The number of amides is 1. The second kappa shape index (κ2) is 9.43. The van der Waals surface area contributed by atoms with Crippen molar-refractivity contribution in [1.82, 2.24) is 5.32 Å². The van der Waals surface area contributed by atoms with Crippen LogP contribution in [-0.2, 0) is 11.2 Å². The molecule has 2 aromatic carbocycles. The van der Waals surface area contributed by atoms with Crippen molar-refractivity contribution in [3.05, 3.63) is 70.8 Å². The lowest BCUT2D eigenvalue weighted by Crippen LogP contribution is -2.87. The number of carbonyl (C=O) groups is 1. The maximum Gasteiger partial charge on any atom is 0.275 e. The summed E-state index contributed by atoms with van der Waals surface area (Å²) in [5, 5.41) is 4.70. The molecule has 2 rings (SSSR count). The summed E-state index contributed by atoms with van der Waals surface area (Å²) in [6, 6.07) is 12.1. The van der Waals surface area contributed by atoms with E-state index in [4.69, 9.17) is 0 Å². The van der Waals surface area contributed by atoms with Gasteiger partial charge in [-0.3, -0.25) is 4.79 Å². The summed E-state index contributed by atoms with van der Waals surface area (Å²) in [4.78, 5) is 12.0. The number of quaternary nitrogens is 1. The zero-order valence-electron chi connectivity index (χ0n) is 15.6. The number of nitrogens with one attached hydrogen (secondary N) is 1. The number of benzene rings is 2. The first-order valence-electron chi connectivity index (χ1n) is 9.00. The molecule has 0 aromatic heterocycles. The molecule has 0 unspecified atom stereocenters. The Kier molecular flexibility index (Phi) is 7.27. The first kappa shape index (κ1) is 20.0. The quantitative estimate of drug-likeness (QED) is 0.746. The van der Waals surface area contributed by atoms with Crippen LogP contribution in [0.3, 0.4) is 0 Å². The van der Waals surface area contributed by atoms with E-state index in [0.29, 0.717) is 18.0 Å². The Morgan fingerprint density at radius 2 is 1.65 bits per heavy atom. The van der Waals surface area contributed by atoms with Crippen LogP contribution in [0.2, 0.25) is 0 Å². The highest BCUT2D eigenvalue weighted by Gasteiger charge is 2.13. The molecule has 26 heavy (non-hydrogen) atoms. The van der Waals surface area contributed by atoms with Gasteiger partial charge in [0.15, 0.2) is 18.2 Å². The fourth-order valence-corrected chi connectivity index (χ4v) is 2.70. The molecule has 1 amide bonds. The molecule has 0 aliphatic carbocycles. The molecule has 0 heterocycles. The molecule has 0 bridgehead atoms. The van der Waals surface area contributed by atoms with Crippen molar-refractivity contribution >= 4 is 5.91 Å². The van der Waals surface area contributed by atoms with Crippen LogP contribution in [0.15, 0.2) is 42.5 Å². The van der Waals surface area contributed by atoms with E-state index in [-0.39, 0.29) is 18.5 Å². The molecule has 0 fully saturated rings.